The molecule has 0 fully saturated rings. The quantitative estimate of drug-likeness (QED) is 0.412. The fourth-order valence-corrected chi connectivity index (χ4v) is 4.94. The first-order valence-corrected chi connectivity index (χ1v) is 11.2. The van der Waals surface area contributed by atoms with E-state index >= 15 is 0 Å². The molecule has 2 N–H and O–H groups in total. The van der Waals surface area contributed by atoms with E-state index in [1.165, 1.54) is 36.9 Å². The van der Waals surface area contributed by atoms with Crippen LogP contribution in [0.3, 0.4) is 0 Å². The molecule has 1 heterocycles. The average molecular weight is 410 g/mol. The highest BCUT2D eigenvalue weighted by molar-refractivity contribution is 7.25. The Kier molecular flexibility index (Phi) is 6.15. The van der Waals surface area contributed by atoms with Crippen LogP contribution in [0.1, 0.15) is 30.9 Å². The van der Waals surface area contributed by atoms with Gasteiger partial charge in [-0.25, -0.2) is 0 Å². The minimum atomic E-state index is 0.738. The van der Waals surface area contributed by atoms with Crippen molar-refractivity contribution in [3.63, 3.8) is 0 Å². The zero-order valence-corrected chi connectivity index (χ0v) is 18.2. The van der Waals surface area contributed by atoms with Crippen LogP contribution in [-0.4, -0.2) is 0 Å². The highest BCUT2D eigenvalue weighted by Crippen LogP contribution is 2.37. The summed E-state index contributed by atoms with van der Waals surface area (Å²) < 4.78 is 2.70. The van der Waals surface area contributed by atoms with E-state index in [0.29, 0.717) is 0 Å². The van der Waals surface area contributed by atoms with Crippen LogP contribution in [0.25, 0.3) is 25.7 Å². The van der Waals surface area contributed by atoms with Crippen molar-refractivity contribution in [3.05, 3.63) is 114 Å². The molecular formula is C28H27NS. The molecule has 1 aliphatic rings. The molecule has 0 spiro atoms. The maximum absolute atomic E-state index is 6.08. The van der Waals surface area contributed by atoms with Gasteiger partial charge in [0.1, 0.15) is 0 Å². The highest BCUT2D eigenvalue weighted by Gasteiger charge is 2.09. The van der Waals surface area contributed by atoms with E-state index < -0.39 is 0 Å². The third-order valence-corrected chi connectivity index (χ3v) is 6.70. The van der Waals surface area contributed by atoms with E-state index in [1.807, 2.05) is 36.5 Å². The van der Waals surface area contributed by atoms with Crippen molar-refractivity contribution in [2.24, 2.45) is 5.73 Å². The summed E-state index contributed by atoms with van der Waals surface area (Å²) in [4.78, 5) is 0. The summed E-state index contributed by atoms with van der Waals surface area (Å²) in [6.07, 6.45) is 19.7. The van der Waals surface area contributed by atoms with Crippen LogP contribution < -0.4 is 5.73 Å². The molecular weight excluding hydrogens is 382 g/mol. The summed E-state index contributed by atoms with van der Waals surface area (Å²) in [6, 6.07) is 13.7. The number of allylic oxidation sites excluding steroid dienone is 9. The van der Waals surface area contributed by atoms with Crippen LogP contribution in [-0.2, 0) is 6.42 Å². The van der Waals surface area contributed by atoms with Crippen molar-refractivity contribution in [2.75, 3.05) is 0 Å². The van der Waals surface area contributed by atoms with Crippen molar-refractivity contribution in [3.8, 4) is 0 Å². The van der Waals surface area contributed by atoms with Crippen molar-refractivity contribution in [1.29, 1.82) is 0 Å². The van der Waals surface area contributed by atoms with E-state index in [-0.39, 0.29) is 0 Å². The summed E-state index contributed by atoms with van der Waals surface area (Å²) >= 11 is 1.87. The Bertz CT molecular complexity index is 1240. The monoisotopic (exact) mass is 409 g/mol. The maximum Gasteiger partial charge on any atom is 0.0383 e. The SMILES string of the molecule is C=CC(=C\C)/C(N)=C/C=C\Cc1ccc2sc3ccc(C4=CC=CCC4)cc3c2c1. The summed E-state index contributed by atoms with van der Waals surface area (Å²) in [7, 11) is 0. The second-order valence-corrected chi connectivity index (χ2v) is 8.59. The first-order valence-electron chi connectivity index (χ1n) is 10.4. The Hall–Kier alpha value is -3.10. The van der Waals surface area contributed by atoms with Gasteiger partial charge in [0, 0.05) is 25.9 Å². The molecule has 2 heteroatoms. The second-order valence-electron chi connectivity index (χ2n) is 7.50. The van der Waals surface area contributed by atoms with Crippen LogP contribution in [0.4, 0.5) is 0 Å². The summed E-state index contributed by atoms with van der Waals surface area (Å²) in [5.74, 6) is 0. The fraction of sp³-hybridized carbons (Fsp3) is 0.143. The smallest absolute Gasteiger partial charge is 0.0383 e. The lowest BCUT2D eigenvalue weighted by Crippen LogP contribution is -1.98. The topological polar surface area (TPSA) is 26.0 Å². The molecule has 0 atom stereocenters. The number of hydrogen-bond acceptors (Lipinski definition) is 2. The van der Waals surface area contributed by atoms with Gasteiger partial charge in [0.05, 0.1) is 0 Å². The Morgan fingerprint density at radius 3 is 2.67 bits per heavy atom. The van der Waals surface area contributed by atoms with Crippen molar-refractivity contribution >= 4 is 37.1 Å². The standard InChI is InChI=1S/C28H27NS/c1-3-21(4-2)26(29)13-9-8-10-20-14-16-27-24(18-20)25-19-23(15-17-28(25)30-27)22-11-6-5-7-12-22/h3-6,8-9,11,13-19H,1,7,10,12,29H2,2H3/b9-8-,21-4+,26-13-. The van der Waals surface area contributed by atoms with Gasteiger partial charge in [0.15, 0.2) is 0 Å². The van der Waals surface area contributed by atoms with Gasteiger partial charge in [0.2, 0.25) is 0 Å². The lowest BCUT2D eigenvalue weighted by molar-refractivity contribution is 1.05. The van der Waals surface area contributed by atoms with E-state index in [4.69, 9.17) is 5.73 Å². The molecule has 30 heavy (non-hydrogen) atoms. The minimum absolute atomic E-state index is 0.738. The van der Waals surface area contributed by atoms with E-state index in [2.05, 4.69) is 67.3 Å². The molecule has 0 saturated heterocycles. The summed E-state index contributed by atoms with van der Waals surface area (Å²) in [5, 5.41) is 2.72. The van der Waals surface area contributed by atoms with Crippen LogP contribution in [0, 0.1) is 0 Å². The van der Waals surface area contributed by atoms with Crippen LogP contribution >= 0.6 is 11.3 Å². The fourth-order valence-electron chi connectivity index (χ4n) is 3.87. The van der Waals surface area contributed by atoms with Gasteiger partial charge in [-0.3, -0.25) is 0 Å². The Morgan fingerprint density at radius 2 is 1.93 bits per heavy atom. The lowest BCUT2D eigenvalue weighted by atomic mass is 9.96. The molecule has 1 aliphatic carbocycles. The minimum Gasteiger partial charge on any atom is -0.398 e. The number of thiophene rings is 1. The van der Waals surface area contributed by atoms with Gasteiger partial charge in [-0.05, 0) is 78.8 Å². The van der Waals surface area contributed by atoms with Gasteiger partial charge >= 0.3 is 0 Å². The molecule has 1 aromatic heterocycles. The molecule has 0 unspecified atom stereocenters. The molecule has 0 bridgehead atoms. The molecule has 150 valence electrons. The third kappa shape index (κ3) is 4.24. The molecule has 0 aliphatic heterocycles. The first-order chi connectivity index (χ1) is 14.7. The number of benzene rings is 2. The molecule has 0 radical (unpaired) electrons. The van der Waals surface area contributed by atoms with Gasteiger partial charge in [-0.1, -0.05) is 61.2 Å². The second kappa shape index (κ2) is 9.15. The van der Waals surface area contributed by atoms with Gasteiger partial charge in [-0.2, -0.15) is 0 Å². The van der Waals surface area contributed by atoms with Crippen molar-refractivity contribution in [2.45, 2.75) is 26.2 Å². The molecule has 2 aromatic carbocycles. The molecule has 0 amide bonds. The normalized spacial score (nSPS) is 15.3. The van der Waals surface area contributed by atoms with E-state index in [0.717, 1.165) is 30.5 Å². The predicted molar refractivity (Wildman–Crippen MR) is 135 cm³/mol. The van der Waals surface area contributed by atoms with Gasteiger partial charge < -0.3 is 5.73 Å². The van der Waals surface area contributed by atoms with Gasteiger partial charge in [0.25, 0.3) is 0 Å². The lowest BCUT2D eigenvalue weighted by Gasteiger charge is -2.09. The predicted octanol–water partition coefficient (Wildman–Crippen LogP) is 7.86. The number of hydrogen-bond donors (Lipinski definition) is 1. The Labute approximate surface area is 182 Å². The highest BCUT2D eigenvalue weighted by atomic mass is 32.1. The van der Waals surface area contributed by atoms with Crippen LogP contribution in [0.2, 0.25) is 0 Å². The van der Waals surface area contributed by atoms with Crippen LogP contribution in [0.15, 0.2) is 103 Å². The summed E-state index contributed by atoms with van der Waals surface area (Å²) in [5.41, 5.74) is 11.9. The largest absolute Gasteiger partial charge is 0.398 e. The zero-order valence-electron chi connectivity index (χ0n) is 17.4. The Balaban J connectivity index is 1.61. The number of fused-ring (bicyclic) bond motifs is 3. The molecule has 3 aromatic rings. The number of rotatable bonds is 6. The van der Waals surface area contributed by atoms with E-state index in [9.17, 15) is 0 Å². The van der Waals surface area contributed by atoms with Crippen molar-refractivity contribution in [1.82, 2.24) is 0 Å². The molecule has 1 nitrogen and oxygen atoms in total. The molecule has 4 rings (SSSR count). The maximum atomic E-state index is 6.08. The van der Waals surface area contributed by atoms with Gasteiger partial charge in [-0.15, -0.1) is 11.3 Å². The first kappa shape index (κ1) is 20.2. The Morgan fingerprint density at radius 1 is 1.13 bits per heavy atom. The van der Waals surface area contributed by atoms with Crippen molar-refractivity contribution < 1.29 is 0 Å². The summed E-state index contributed by atoms with van der Waals surface area (Å²) in [6.45, 7) is 5.76. The third-order valence-electron chi connectivity index (χ3n) is 5.55. The molecule has 0 saturated carbocycles. The number of nitrogens with two attached hydrogens (primary N) is 1. The van der Waals surface area contributed by atoms with Crippen LogP contribution in [0.5, 0.6) is 0 Å². The zero-order chi connectivity index (χ0) is 20.9. The van der Waals surface area contributed by atoms with E-state index in [1.54, 1.807) is 6.08 Å². The average Bonchev–Trinajstić information content (AvgIpc) is 3.15.